The predicted molar refractivity (Wildman–Crippen MR) is 62.0 cm³/mol. The number of halogens is 1. The fraction of sp³-hybridized carbons (Fsp3) is 0.538. The molecule has 1 heterocycles. The maximum absolute atomic E-state index is 13.7. The third-order valence-corrected chi connectivity index (χ3v) is 3.15. The van der Waals surface area contributed by atoms with Crippen LogP contribution in [0.15, 0.2) is 18.2 Å². The molecule has 0 saturated carbocycles. The second-order valence-corrected chi connectivity index (χ2v) is 4.33. The van der Waals surface area contributed by atoms with Gasteiger partial charge in [-0.25, -0.2) is 4.39 Å². The Hall–Kier alpha value is -0.930. The molecule has 88 valence electrons. The van der Waals surface area contributed by atoms with E-state index in [1.165, 1.54) is 6.42 Å². The van der Waals surface area contributed by atoms with Crippen molar-refractivity contribution >= 4 is 0 Å². The second-order valence-electron chi connectivity index (χ2n) is 4.33. The summed E-state index contributed by atoms with van der Waals surface area (Å²) >= 11 is 0. The molecule has 0 bridgehead atoms. The first kappa shape index (κ1) is 11.6. The van der Waals surface area contributed by atoms with Crippen molar-refractivity contribution in [3.8, 4) is 0 Å². The molecule has 0 amide bonds. The van der Waals surface area contributed by atoms with Crippen LogP contribution in [0.3, 0.4) is 0 Å². The predicted octanol–water partition coefficient (Wildman–Crippen LogP) is 2.44. The molecule has 0 aliphatic carbocycles. The van der Waals surface area contributed by atoms with E-state index >= 15 is 0 Å². The van der Waals surface area contributed by atoms with Gasteiger partial charge in [-0.1, -0.05) is 12.1 Å². The van der Waals surface area contributed by atoms with Gasteiger partial charge in [0.15, 0.2) is 0 Å². The van der Waals surface area contributed by atoms with Crippen molar-refractivity contribution in [2.75, 3.05) is 20.2 Å². The highest BCUT2D eigenvalue weighted by atomic mass is 19.1. The molecule has 0 aromatic heterocycles. The number of ether oxygens (including phenoxy) is 1. The van der Waals surface area contributed by atoms with Crippen LogP contribution in [0, 0.1) is 5.82 Å². The Labute approximate surface area is 95.8 Å². The Balaban J connectivity index is 2.13. The normalized spacial score (nSPS) is 21.0. The lowest BCUT2D eigenvalue weighted by Gasteiger charge is -2.23. The molecule has 1 aliphatic rings. The van der Waals surface area contributed by atoms with Gasteiger partial charge < -0.3 is 10.1 Å². The van der Waals surface area contributed by atoms with Gasteiger partial charge in [-0.3, -0.25) is 0 Å². The minimum absolute atomic E-state index is 0.148. The fourth-order valence-corrected chi connectivity index (χ4v) is 2.23. The van der Waals surface area contributed by atoms with E-state index in [2.05, 4.69) is 5.32 Å². The summed E-state index contributed by atoms with van der Waals surface area (Å²) < 4.78 is 18.6. The Morgan fingerprint density at radius 1 is 1.50 bits per heavy atom. The minimum Gasteiger partial charge on any atom is -0.380 e. The van der Waals surface area contributed by atoms with Gasteiger partial charge >= 0.3 is 0 Å². The number of nitrogens with one attached hydrogen (secondary N) is 1. The summed E-state index contributed by atoms with van der Waals surface area (Å²) in [6.07, 6.45) is 2.32. The number of methoxy groups -OCH3 is 1. The van der Waals surface area contributed by atoms with Crippen LogP contribution in [0.5, 0.6) is 0 Å². The standard InChI is InChI=1S/C13H18FNO/c1-16-9-12-5-4-10(7-13(12)14)11-3-2-6-15-8-11/h4-5,7,11,15H,2-3,6,8-9H2,1H3. The van der Waals surface area contributed by atoms with E-state index < -0.39 is 0 Å². The smallest absolute Gasteiger partial charge is 0.129 e. The maximum atomic E-state index is 13.7. The highest BCUT2D eigenvalue weighted by Gasteiger charge is 2.16. The topological polar surface area (TPSA) is 21.3 Å². The molecule has 1 aliphatic heterocycles. The van der Waals surface area contributed by atoms with Crippen LogP contribution in [0.25, 0.3) is 0 Å². The SMILES string of the molecule is COCc1ccc(C2CCCNC2)cc1F. The molecule has 1 aromatic carbocycles. The van der Waals surface area contributed by atoms with Gasteiger partial charge in [0, 0.05) is 19.2 Å². The average Bonchev–Trinajstić information content (AvgIpc) is 2.33. The number of hydrogen-bond donors (Lipinski definition) is 1. The van der Waals surface area contributed by atoms with Crippen LogP contribution in [0.2, 0.25) is 0 Å². The first-order valence-electron chi connectivity index (χ1n) is 5.79. The third-order valence-electron chi connectivity index (χ3n) is 3.15. The molecular weight excluding hydrogens is 205 g/mol. The molecule has 1 aromatic rings. The molecule has 1 saturated heterocycles. The molecule has 0 radical (unpaired) electrons. The van der Waals surface area contributed by atoms with Crippen molar-refractivity contribution < 1.29 is 9.13 Å². The lowest BCUT2D eigenvalue weighted by Crippen LogP contribution is -2.28. The summed E-state index contributed by atoms with van der Waals surface area (Å²) in [4.78, 5) is 0. The number of rotatable bonds is 3. The van der Waals surface area contributed by atoms with Crippen molar-refractivity contribution in [3.63, 3.8) is 0 Å². The maximum Gasteiger partial charge on any atom is 0.129 e. The van der Waals surface area contributed by atoms with E-state index in [9.17, 15) is 4.39 Å². The largest absolute Gasteiger partial charge is 0.380 e. The minimum atomic E-state index is -0.148. The van der Waals surface area contributed by atoms with Crippen LogP contribution in [0.4, 0.5) is 4.39 Å². The van der Waals surface area contributed by atoms with Crippen LogP contribution in [0.1, 0.15) is 29.9 Å². The summed E-state index contributed by atoms with van der Waals surface area (Å²) in [7, 11) is 1.58. The number of piperidine rings is 1. The number of hydrogen-bond acceptors (Lipinski definition) is 2. The first-order chi connectivity index (χ1) is 7.81. The lowest BCUT2D eigenvalue weighted by molar-refractivity contribution is 0.181. The Bertz CT molecular complexity index is 348. The van der Waals surface area contributed by atoms with Crippen molar-refractivity contribution in [2.45, 2.75) is 25.4 Å². The highest BCUT2D eigenvalue weighted by molar-refractivity contribution is 5.27. The molecule has 3 heteroatoms. The van der Waals surface area contributed by atoms with Gasteiger partial charge in [-0.05, 0) is 36.9 Å². The van der Waals surface area contributed by atoms with Crippen LogP contribution < -0.4 is 5.32 Å². The van der Waals surface area contributed by atoms with Crippen molar-refractivity contribution in [2.24, 2.45) is 0 Å². The quantitative estimate of drug-likeness (QED) is 0.849. The molecule has 2 rings (SSSR count). The average molecular weight is 223 g/mol. The van der Waals surface area contributed by atoms with Gasteiger partial charge in [0.1, 0.15) is 5.82 Å². The summed E-state index contributed by atoms with van der Waals surface area (Å²) in [6.45, 7) is 2.39. The summed E-state index contributed by atoms with van der Waals surface area (Å²) in [5.74, 6) is 0.310. The van der Waals surface area contributed by atoms with Gasteiger partial charge in [0.2, 0.25) is 0 Å². The van der Waals surface area contributed by atoms with Crippen molar-refractivity contribution in [1.29, 1.82) is 0 Å². The lowest BCUT2D eigenvalue weighted by atomic mass is 9.91. The Morgan fingerprint density at radius 3 is 3.00 bits per heavy atom. The molecule has 1 unspecified atom stereocenters. The van der Waals surface area contributed by atoms with Gasteiger partial charge in [0.05, 0.1) is 6.61 Å². The monoisotopic (exact) mass is 223 g/mol. The molecule has 2 nitrogen and oxygen atoms in total. The molecular formula is C13H18FNO. The van der Waals surface area contributed by atoms with E-state index in [0.717, 1.165) is 25.1 Å². The van der Waals surface area contributed by atoms with E-state index in [-0.39, 0.29) is 5.82 Å². The fourth-order valence-electron chi connectivity index (χ4n) is 2.23. The highest BCUT2D eigenvalue weighted by Crippen LogP contribution is 2.24. The number of benzene rings is 1. The molecule has 16 heavy (non-hydrogen) atoms. The van der Waals surface area contributed by atoms with Gasteiger partial charge in [-0.2, -0.15) is 0 Å². The summed E-state index contributed by atoms with van der Waals surface area (Å²) in [5.41, 5.74) is 1.74. The molecule has 1 N–H and O–H groups in total. The van der Waals surface area contributed by atoms with E-state index in [0.29, 0.717) is 18.1 Å². The van der Waals surface area contributed by atoms with Crippen molar-refractivity contribution in [3.05, 3.63) is 35.1 Å². The van der Waals surface area contributed by atoms with Crippen LogP contribution in [-0.4, -0.2) is 20.2 Å². The zero-order chi connectivity index (χ0) is 11.4. The molecule has 0 spiro atoms. The Kier molecular flexibility index (Phi) is 3.91. The Morgan fingerprint density at radius 2 is 2.38 bits per heavy atom. The zero-order valence-corrected chi connectivity index (χ0v) is 9.63. The molecule has 1 atom stereocenters. The van der Waals surface area contributed by atoms with Gasteiger partial charge in [-0.15, -0.1) is 0 Å². The van der Waals surface area contributed by atoms with E-state index in [4.69, 9.17) is 4.74 Å². The third kappa shape index (κ3) is 2.60. The van der Waals surface area contributed by atoms with E-state index in [1.807, 2.05) is 12.1 Å². The summed E-state index contributed by atoms with van der Waals surface area (Å²) in [6, 6.07) is 5.52. The second kappa shape index (κ2) is 5.41. The molecule has 1 fully saturated rings. The van der Waals surface area contributed by atoms with Crippen molar-refractivity contribution in [1.82, 2.24) is 5.32 Å². The van der Waals surface area contributed by atoms with Gasteiger partial charge in [0.25, 0.3) is 0 Å². The van der Waals surface area contributed by atoms with Crippen LogP contribution >= 0.6 is 0 Å². The summed E-state index contributed by atoms with van der Waals surface area (Å²) in [5, 5.41) is 3.35. The first-order valence-corrected chi connectivity index (χ1v) is 5.79. The van der Waals surface area contributed by atoms with Crippen LogP contribution in [-0.2, 0) is 11.3 Å². The zero-order valence-electron chi connectivity index (χ0n) is 9.63. The van der Waals surface area contributed by atoms with E-state index in [1.54, 1.807) is 13.2 Å².